The second kappa shape index (κ2) is 6.65. The maximum atomic E-state index is 12.2. The third kappa shape index (κ3) is 3.90. The highest BCUT2D eigenvalue weighted by Gasteiger charge is 2.12. The Morgan fingerprint density at radius 3 is 2.95 bits per heavy atom. The van der Waals surface area contributed by atoms with Gasteiger partial charge in [0, 0.05) is 17.1 Å². The molecule has 5 nitrogen and oxygen atoms in total. The number of carbonyl (C=O) groups excluding carboxylic acids is 1. The molecule has 0 aliphatic rings. The van der Waals surface area contributed by atoms with Gasteiger partial charge in [0.25, 0.3) is 5.91 Å². The van der Waals surface area contributed by atoms with E-state index in [1.807, 2.05) is 32.0 Å². The number of hydrogen-bond acceptors (Lipinski definition) is 3. The van der Waals surface area contributed by atoms with E-state index in [2.05, 4.69) is 31.3 Å². The van der Waals surface area contributed by atoms with E-state index in [1.54, 1.807) is 11.0 Å². The molecule has 0 spiro atoms. The Bertz CT molecular complexity index is 583. The van der Waals surface area contributed by atoms with Crippen molar-refractivity contribution in [2.75, 3.05) is 0 Å². The molecule has 6 heteroatoms. The molecule has 0 saturated heterocycles. The summed E-state index contributed by atoms with van der Waals surface area (Å²) in [6, 6.07) is 5.77. The molecular weight excluding hydrogens is 320 g/mol. The monoisotopic (exact) mass is 336 g/mol. The molecule has 0 saturated carbocycles. The number of benzene rings is 1. The molecule has 1 amide bonds. The summed E-state index contributed by atoms with van der Waals surface area (Å²) in [7, 11) is 0. The minimum absolute atomic E-state index is 0.0667. The van der Waals surface area contributed by atoms with Gasteiger partial charge in [-0.1, -0.05) is 6.07 Å². The zero-order chi connectivity index (χ0) is 14.5. The van der Waals surface area contributed by atoms with Crippen LogP contribution < -0.4 is 5.32 Å². The van der Waals surface area contributed by atoms with Crippen LogP contribution in [0, 0.1) is 6.92 Å². The van der Waals surface area contributed by atoms with Gasteiger partial charge in [-0.3, -0.25) is 9.48 Å². The van der Waals surface area contributed by atoms with E-state index in [0.29, 0.717) is 5.56 Å². The van der Waals surface area contributed by atoms with Crippen molar-refractivity contribution >= 4 is 21.8 Å². The molecule has 0 radical (unpaired) electrons. The van der Waals surface area contributed by atoms with Crippen molar-refractivity contribution in [1.29, 1.82) is 0 Å². The minimum Gasteiger partial charge on any atom is -0.349 e. The van der Waals surface area contributed by atoms with Crippen molar-refractivity contribution in [3.8, 4) is 0 Å². The van der Waals surface area contributed by atoms with Crippen LogP contribution in [0.1, 0.15) is 29.3 Å². The molecule has 106 valence electrons. The molecule has 1 aromatic heterocycles. The maximum absolute atomic E-state index is 12.2. The van der Waals surface area contributed by atoms with Crippen LogP contribution in [-0.4, -0.2) is 26.7 Å². The molecule has 20 heavy (non-hydrogen) atoms. The van der Waals surface area contributed by atoms with Crippen LogP contribution >= 0.6 is 15.9 Å². The summed E-state index contributed by atoms with van der Waals surface area (Å²) in [6.45, 7) is 4.71. The summed E-state index contributed by atoms with van der Waals surface area (Å²) >= 11 is 3.42. The normalized spacial score (nSPS) is 12.2. The maximum Gasteiger partial charge on any atom is 0.252 e. The van der Waals surface area contributed by atoms with Crippen LogP contribution in [0.3, 0.4) is 0 Å². The Hall–Kier alpha value is -1.69. The highest BCUT2D eigenvalue weighted by molar-refractivity contribution is 9.10. The van der Waals surface area contributed by atoms with Crippen LogP contribution in [0.25, 0.3) is 0 Å². The SMILES string of the molecule is Cc1ccc(C(=O)N[C@H](C)CCn2cncn2)c(Br)c1. The van der Waals surface area contributed by atoms with Gasteiger partial charge in [0.15, 0.2) is 0 Å². The summed E-state index contributed by atoms with van der Waals surface area (Å²) in [4.78, 5) is 16.1. The summed E-state index contributed by atoms with van der Waals surface area (Å²) in [5.74, 6) is -0.0667. The molecule has 0 aliphatic carbocycles. The molecule has 1 atom stereocenters. The Labute approximate surface area is 126 Å². The number of nitrogens with zero attached hydrogens (tertiary/aromatic N) is 3. The number of rotatable bonds is 5. The topological polar surface area (TPSA) is 59.8 Å². The first-order chi connectivity index (χ1) is 9.56. The first kappa shape index (κ1) is 14.7. The van der Waals surface area contributed by atoms with Gasteiger partial charge in [-0.2, -0.15) is 5.10 Å². The average molecular weight is 337 g/mol. The predicted molar refractivity (Wildman–Crippen MR) is 80.4 cm³/mol. The summed E-state index contributed by atoms with van der Waals surface area (Å²) in [5, 5.41) is 7.02. The van der Waals surface area contributed by atoms with E-state index in [9.17, 15) is 4.79 Å². The second-order valence-electron chi connectivity index (χ2n) is 4.81. The lowest BCUT2D eigenvalue weighted by Crippen LogP contribution is -2.33. The predicted octanol–water partition coefficient (Wildman–Crippen LogP) is 2.56. The van der Waals surface area contributed by atoms with E-state index >= 15 is 0 Å². The molecule has 0 unspecified atom stereocenters. The van der Waals surface area contributed by atoms with Gasteiger partial charge in [0.2, 0.25) is 0 Å². The van der Waals surface area contributed by atoms with Crippen molar-refractivity contribution in [1.82, 2.24) is 20.1 Å². The number of carbonyl (C=O) groups is 1. The molecule has 2 rings (SSSR count). The number of aryl methyl sites for hydroxylation is 2. The standard InChI is InChI=1S/C14H17BrN4O/c1-10-3-4-12(13(15)7-10)14(20)18-11(2)5-6-19-9-16-8-17-19/h3-4,7-9,11H,5-6H2,1-2H3,(H,18,20)/t11-/m1/s1. The fourth-order valence-electron chi connectivity index (χ4n) is 1.85. The molecule has 1 aromatic carbocycles. The highest BCUT2D eigenvalue weighted by atomic mass is 79.9. The lowest BCUT2D eigenvalue weighted by atomic mass is 10.1. The first-order valence-electron chi connectivity index (χ1n) is 6.45. The summed E-state index contributed by atoms with van der Waals surface area (Å²) in [5.41, 5.74) is 1.77. The van der Waals surface area contributed by atoms with Gasteiger partial charge < -0.3 is 5.32 Å². The summed E-state index contributed by atoms with van der Waals surface area (Å²) in [6.07, 6.45) is 3.98. The fourth-order valence-corrected chi connectivity index (χ4v) is 2.53. The van der Waals surface area contributed by atoms with Crippen molar-refractivity contribution in [2.24, 2.45) is 0 Å². The number of aromatic nitrogens is 3. The van der Waals surface area contributed by atoms with E-state index in [1.165, 1.54) is 6.33 Å². The largest absolute Gasteiger partial charge is 0.349 e. The molecule has 0 bridgehead atoms. The van der Waals surface area contributed by atoms with E-state index in [-0.39, 0.29) is 11.9 Å². The van der Waals surface area contributed by atoms with Gasteiger partial charge >= 0.3 is 0 Å². The third-order valence-corrected chi connectivity index (χ3v) is 3.66. The van der Waals surface area contributed by atoms with E-state index < -0.39 is 0 Å². The van der Waals surface area contributed by atoms with Crippen molar-refractivity contribution in [3.63, 3.8) is 0 Å². The van der Waals surface area contributed by atoms with Crippen molar-refractivity contribution < 1.29 is 4.79 Å². The number of amides is 1. The molecule has 1 heterocycles. The van der Waals surface area contributed by atoms with Crippen molar-refractivity contribution in [3.05, 3.63) is 46.5 Å². The van der Waals surface area contributed by atoms with Gasteiger partial charge in [0.1, 0.15) is 12.7 Å². The third-order valence-electron chi connectivity index (χ3n) is 3.00. The minimum atomic E-state index is -0.0667. The van der Waals surface area contributed by atoms with Crippen molar-refractivity contribution in [2.45, 2.75) is 32.9 Å². The molecule has 0 fully saturated rings. The van der Waals surface area contributed by atoms with Gasteiger partial charge in [0.05, 0.1) is 5.56 Å². The average Bonchev–Trinajstić information content (AvgIpc) is 2.89. The number of halogens is 1. The second-order valence-corrected chi connectivity index (χ2v) is 5.66. The number of nitrogens with one attached hydrogen (secondary N) is 1. The Kier molecular flexibility index (Phi) is 4.89. The van der Waals surface area contributed by atoms with Crippen LogP contribution in [0.2, 0.25) is 0 Å². The van der Waals surface area contributed by atoms with E-state index in [0.717, 1.165) is 23.0 Å². The zero-order valence-corrected chi connectivity index (χ0v) is 13.1. The zero-order valence-electron chi connectivity index (χ0n) is 11.5. The molecular formula is C14H17BrN4O. The Balaban J connectivity index is 1.90. The van der Waals surface area contributed by atoms with Crippen LogP contribution in [-0.2, 0) is 6.54 Å². The fraction of sp³-hybridized carbons (Fsp3) is 0.357. The molecule has 0 aliphatic heterocycles. The van der Waals surface area contributed by atoms with Crippen LogP contribution in [0.15, 0.2) is 35.3 Å². The Morgan fingerprint density at radius 1 is 1.50 bits per heavy atom. The lowest BCUT2D eigenvalue weighted by molar-refractivity contribution is 0.0936. The quantitative estimate of drug-likeness (QED) is 0.912. The van der Waals surface area contributed by atoms with Gasteiger partial charge in [-0.05, 0) is 53.9 Å². The van der Waals surface area contributed by atoms with Gasteiger partial charge in [-0.15, -0.1) is 0 Å². The number of hydrogen-bond donors (Lipinski definition) is 1. The lowest BCUT2D eigenvalue weighted by Gasteiger charge is -2.14. The van der Waals surface area contributed by atoms with Gasteiger partial charge in [-0.25, -0.2) is 4.98 Å². The molecule has 1 N–H and O–H groups in total. The first-order valence-corrected chi connectivity index (χ1v) is 7.25. The van der Waals surface area contributed by atoms with Crippen LogP contribution in [0.4, 0.5) is 0 Å². The van der Waals surface area contributed by atoms with E-state index in [4.69, 9.17) is 0 Å². The molecule has 2 aromatic rings. The van der Waals surface area contributed by atoms with Crippen LogP contribution in [0.5, 0.6) is 0 Å². The Morgan fingerprint density at radius 2 is 2.30 bits per heavy atom. The smallest absolute Gasteiger partial charge is 0.252 e. The summed E-state index contributed by atoms with van der Waals surface area (Å²) < 4.78 is 2.57. The highest BCUT2D eigenvalue weighted by Crippen LogP contribution is 2.18.